The van der Waals surface area contributed by atoms with Gasteiger partial charge in [0.1, 0.15) is 0 Å². The summed E-state index contributed by atoms with van der Waals surface area (Å²) in [6, 6.07) is 6.20. The van der Waals surface area contributed by atoms with Crippen molar-refractivity contribution in [2.24, 2.45) is 12.0 Å². The largest absolute Gasteiger partial charge is 0.505 e. The summed E-state index contributed by atoms with van der Waals surface area (Å²) in [5.41, 5.74) is 1.75. The van der Waals surface area contributed by atoms with Gasteiger partial charge in [0.2, 0.25) is 0 Å². The molecule has 1 heterocycles. The second kappa shape index (κ2) is 9.86. The lowest BCUT2D eigenvalue weighted by molar-refractivity contribution is 0.431. The van der Waals surface area contributed by atoms with Crippen molar-refractivity contribution in [1.29, 1.82) is 0 Å². The minimum atomic E-state index is -0.639. The monoisotopic (exact) mass is 480 g/mol. The number of rotatable bonds is 5. The van der Waals surface area contributed by atoms with Crippen LogP contribution < -0.4 is 5.32 Å². The first-order chi connectivity index (χ1) is 11.4. The molecular formula is C17H23ClFIN4O. The Balaban J connectivity index is 0.00000312. The summed E-state index contributed by atoms with van der Waals surface area (Å²) in [6.07, 6.45) is 1.86. The molecule has 0 radical (unpaired) electrons. The van der Waals surface area contributed by atoms with E-state index in [2.05, 4.69) is 10.3 Å². The van der Waals surface area contributed by atoms with Gasteiger partial charge >= 0.3 is 0 Å². The van der Waals surface area contributed by atoms with Crippen LogP contribution in [-0.4, -0.2) is 34.1 Å². The summed E-state index contributed by atoms with van der Waals surface area (Å²) < 4.78 is 15.4. The summed E-state index contributed by atoms with van der Waals surface area (Å²) in [4.78, 5) is 6.51. The molecular weight excluding hydrogens is 458 g/mol. The molecule has 0 fully saturated rings. The Labute approximate surface area is 169 Å². The van der Waals surface area contributed by atoms with Gasteiger partial charge in [0.15, 0.2) is 17.5 Å². The Bertz CT molecular complexity index is 735. The van der Waals surface area contributed by atoms with Crippen molar-refractivity contribution in [3.05, 3.63) is 52.6 Å². The van der Waals surface area contributed by atoms with Crippen molar-refractivity contribution in [2.75, 3.05) is 13.6 Å². The number of aryl methyl sites for hydroxylation is 1. The SMILES string of the molecule is CCNC(=NCc1ccc(O)c(F)c1)N(C)Cc1cc(Cl)cn1C.I. The van der Waals surface area contributed by atoms with Gasteiger partial charge in [-0.25, -0.2) is 9.38 Å². The first-order valence-corrected chi connectivity index (χ1v) is 8.06. The van der Waals surface area contributed by atoms with Crippen LogP contribution in [0.4, 0.5) is 4.39 Å². The molecule has 0 atom stereocenters. The minimum absolute atomic E-state index is 0. The number of hydrogen-bond acceptors (Lipinski definition) is 2. The Morgan fingerprint density at radius 2 is 2.12 bits per heavy atom. The standard InChI is InChI=1S/C17H22ClFN4O.HI/c1-4-20-17(21-9-12-5-6-16(24)15(19)7-12)23(3)11-14-8-13(18)10-22(14)2;/h5-8,10,24H,4,9,11H2,1-3H3,(H,20,21);1H. The second-order valence-electron chi connectivity index (χ2n) is 5.57. The van der Waals surface area contributed by atoms with Gasteiger partial charge in [0.05, 0.1) is 18.1 Å². The minimum Gasteiger partial charge on any atom is -0.505 e. The summed E-state index contributed by atoms with van der Waals surface area (Å²) in [5.74, 6) is -0.282. The average molecular weight is 481 g/mol. The number of aromatic hydroxyl groups is 1. The summed E-state index contributed by atoms with van der Waals surface area (Å²) in [7, 11) is 3.87. The number of guanidine groups is 1. The average Bonchev–Trinajstić information content (AvgIpc) is 2.84. The van der Waals surface area contributed by atoms with E-state index in [0.29, 0.717) is 29.6 Å². The van der Waals surface area contributed by atoms with Gasteiger partial charge in [-0.1, -0.05) is 17.7 Å². The van der Waals surface area contributed by atoms with Crippen molar-refractivity contribution < 1.29 is 9.50 Å². The smallest absolute Gasteiger partial charge is 0.194 e. The fraction of sp³-hybridized carbons (Fsp3) is 0.353. The molecule has 0 aliphatic rings. The third-order valence-corrected chi connectivity index (χ3v) is 3.80. The van der Waals surface area contributed by atoms with Gasteiger partial charge in [-0.05, 0) is 30.7 Å². The van der Waals surface area contributed by atoms with Crippen LogP contribution >= 0.6 is 35.6 Å². The van der Waals surface area contributed by atoms with E-state index in [4.69, 9.17) is 11.6 Å². The lowest BCUT2D eigenvalue weighted by Crippen LogP contribution is -2.38. The second-order valence-corrected chi connectivity index (χ2v) is 6.01. The van der Waals surface area contributed by atoms with E-state index < -0.39 is 5.82 Å². The molecule has 138 valence electrons. The Morgan fingerprint density at radius 3 is 2.68 bits per heavy atom. The number of phenols is 1. The third kappa shape index (κ3) is 6.07. The van der Waals surface area contributed by atoms with Crippen molar-refractivity contribution in [1.82, 2.24) is 14.8 Å². The first kappa shape index (κ1) is 21.6. The van der Waals surface area contributed by atoms with Crippen molar-refractivity contribution in [3.8, 4) is 5.75 Å². The maximum absolute atomic E-state index is 13.4. The Morgan fingerprint density at radius 1 is 1.40 bits per heavy atom. The van der Waals surface area contributed by atoms with Gasteiger partial charge in [-0.15, -0.1) is 24.0 Å². The Hall–Kier alpha value is -1.48. The zero-order valence-electron chi connectivity index (χ0n) is 14.5. The molecule has 1 aromatic heterocycles. The van der Waals surface area contributed by atoms with Crippen molar-refractivity contribution in [2.45, 2.75) is 20.0 Å². The summed E-state index contributed by atoms with van der Waals surface area (Å²) >= 11 is 6.02. The van der Waals surface area contributed by atoms with Crippen LogP contribution in [0.2, 0.25) is 5.02 Å². The molecule has 0 bridgehead atoms. The fourth-order valence-electron chi connectivity index (χ4n) is 2.33. The molecule has 25 heavy (non-hydrogen) atoms. The van der Waals surface area contributed by atoms with E-state index in [1.807, 2.05) is 42.7 Å². The highest BCUT2D eigenvalue weighted by molar-refractivity contribution is 14.0. The number of hydrogen-bond donors (Lipinski definition) is 2. The van der Waals surface area contributed by atoms with Crippen LogP contribution in [0, 0.1) is 5.82 Å². The van der Waals surface area contributed by atoms with Crippen LogP contribution in [0.5, 0.6) is 5.75 Å². The van der Waals surface area contributed by atoms with Crippen LogP contribution in [0.3, 0.4) is 0 Å². The third-order valence-electron chi connectivity index (χ3n) is 3.59. The van der Waals surface area contributed by atoms with E-state index in [1.165, 1.54) is 12.1 Å². The normalized spacial score (nSPS) is 11.2. The summed E-state index contributed by atoms with van der Waals surface area (Å²) in [5, 5.41) is 13.2. The van der Waals surface area contributed by atoms with Crippen molar-refractivity contribution >= 4 is 41.5 Å². The van der Waals surface area contributed by atoms with E-state index in [1.54, 1.807) is 6.07 Å². The highest BCUT2D eigenvalue weighted by atomic mass is 127. The van der Waals surface area contributed by atoms with Gasteiger partial charge in [-0.2, -0.15) is 0 Å². The molecule has 0 saturated carbocycles. The molecule has 0 aliphatic carbocycles. The van der Waals surface area contributed by atoms with E-state index >= 15 is 0 Å². The number of benzene rings is 1. The molecule has 2 aromatic rings. The molecule has 5 nitrogen and oxygen atoms in total. The number of nitrogens with zero attached hydrogens (tertiary/aromatic N) is 3. The van der Waals surface area contributed by atoms with Crippen LogP contribution in [-0.2, 0) is 20.1 Å². The summed E-state index contributed by atoms with van der Waals surface area (Å²) in [6.45, 7) is 3.67. The predicted molar refractivity (Wildman–Crippen MR) is 110 cm³/mol. The van der Waals surface area contributed by atoms with E-state index in [-0.39, 0.29) is 29.7 Å². The topological polar surface area (TPSA) is 52.8 Å². The number of nitrogens with one attached hydrogen (secondary N) is 1. The van der Waals surface area contributed by atoms with Crippen LogP contribution in [0.25, 0.3) is 0 Å². The highest BCUT2D eigenvalue weighted by Crippen LogP contribution is 2.17. The molecule has 2 N–H and O–H groups in total. The molecule has 0 unspecified atom stereocenters. The number of halogens is 3. The fourth-order valence-corrected chi connectivity index (χ4v) is 2.60. The van der Waals surface area contributed by atoms with Gasteiger partial charge < -0.3 is 19.9 Å². The number of aromatic nitrogens is 1. The zero-order valence-corrected chi connectivity index (χ0v) is 17.5. The molecule has 0 amide bonds. The highest BCUT2D eigenvalue weighted by Gasteiger charge is 2.10. The maximum atomic E-state index is 13.4. The lowest BCUT2D eigenvalue weighted by Gasteiger charge is -2.22. The van der Waals surface area contributed by atoms with Gasteiger partial charge in [-0.3, -0.25) is 0 Å². The van der Waals surface area contributed by atoms with Crippen LogP contribution in [0.15, 0.2) is 35.5 Å². The van der Waals surface area contributed by atoms with E-state index in [0.717, 1.165) is 12.2 Å². The molecule has 0 aliphatic heterocycles. The molecule has 8 heteroatoms. The lowest BCUT2D eigenvalue weighted by atomic mass is 10.2. The van der Waals surface area contributed by atoms with E-state index in [9.17, 15) is 9.50 Å². The van der Waals surface area contributed by atoms with Crippen LogP contribution in [0.1, 0.15) is 18.2 Å². The quantitative estimate of drug-likeness (QED) is 0.389. The maximum Gasteiger partial charge on any atom is 0.194 e. The van der Waals surface area contributed by atoms with Gasteiger partial charge in [0, 0.05) is 32.5 Å². The molecule has 2 rings (SSSR count). The van der Waals surface area contributed by atoms with Gasteiger partial charge in [0.25, 0.3) is 0 Å². The number of phenolic OH excluding ortho intramolecular Hbond substituents is 1. The molecule has 0 saturated heterocycles. The first-order valence-electron chi connectivity index (χ1n) is 7.68. The number of aliphatic imine (C=N–C) groups is 1. The predicted octanol–water partition coefficient (Wildman–Crippen LogP) is 3.74. The molecule has 1 aromatic carbocycles. The van der Waals surface area contributed by atoms with Crippen molar-refractivity contribution in [3.63, 3.8) is 0 Å². The Kier molecular flexibility index (Phi) is 8.51. The zero-order chi connectivity index (χ0) is 17.7. The molecule has 0 spiro atoms.